The highest BCUT2D eigenvalue weighted by atomic mass is 127. The van der Waals surface area contributed by atoms with E-state index in [-0.39, 0.29) is 0 Å². The molecule has 0 N–H and O–H groups in total. The Hall–Kier alpha value is -2.60. The number of rotatable bonds is 3. The minimum Gasteiger partial charge on any atom is -0.497 e. The summed E-state index contributed by atoms with van der Waals surface area (Å²) in [4.78, 5) is 4.94. The summed E-state index contributed by atoms with van der Waals surface area (Å²) < 4.78 is 8.98. The van der Waals surface area contributed by atoms with E-state index < -0.39 is 0 Å². The van der Waals surface area contributed by atoms with Gasteiger partial charge in [-0.15, -0.1) is 0 Å². The van der Waals surface area contributed by atoms with E-state index in [2.05, 4.69) is 95.9 Å². The molecule has 5 rings (SSSR count). The monoisotopic (exact) mass is 492 g/mol. The second-order valence-electron chi connectivity index (χ2n) is 7.54. The zero-order valence-electron chi connectivity index (χ0n) is 16.7. The van der Waals surface area contributed by atoms with Gasteiger partial charge >= 0.3 is 0 Å². The number of nitrogens with zero attached hydrogens (tertiary/aromatic N) is 2. The molecule has 3 nitrogen and oxygen atoms in total. The molecule has 144 valence electrons. The van der Waals surface area contributed by atoms with Gasteiger partial charge in [-0.1, -0.05) is 12.1 Å². The van der Waals surface area contributed by atoms with Gasteiger partial charge in [0.2, 0.25) is 0 Å². The highest BCUT2D eigenvalue weighted by Crippen LogP contribution is 2.37. The van der Waals surface area contributed by atoms with E-state index in [4.69, 9.17) is 9.72 Å². The van der Waals surface area contributed by atoms with Crippen LogP contribution in [0.3, 0.4) is 0 Å². The quantitative estimate of drug-likeness (QED) is 0.265. The van der Waals surface area contributed by atoms with Crippen LogP contribution in [0.1, 0.15) is 16.7 Å². The number of fused-ring (bicyclic) bond motifs is 4. The fraction of sp³-hybridized carbons (Fsp3) is 0.160. The van der Waals surface area contributed by atoms with Gasteiger partial charge in [0.05, 0.1) is 18.1 Å². The van der Waals surface area contributed by atoms with Crippen molar-refractivity contribution in [2.45, 2.75) is 20.4 Å². The first-order valence-electron chi connectivity index (χ1n) is 9.65. The lowest BCUT2D eigenvalue weighted by atomic mass is 9.97. The van der Waals surface area contributed by atoms with Gasteiger partial charge in [-0.3, -0.25) is 0 Å². The molecule has 2 heterocycles. The number of aromatic nitrogens is 2. The summed E-state index contributed by atoms with van der Waals surface area (Å²) in [6, 6.07) is 17.1. The Morgan fingerprint density at radius 1 is 0.931 bits per heavy atom. The second kappa shape index (κ2) is 7.02. The molecule has 0 saturated carbocycles. The lowest BCUT2D eigenvalue weighted by Crippen LogP contribution is -2.01. The van der Waals surface area contributed by atoms with Crippen molar-refractivity contribution in [1.29, 1.82) is 0 Å². The van der Waals surface area contributed by atoms with Gasteiger partial charge in [-0.2, -0.15) is 0 Å². The van der Waals surface area contributed by atoms with E-state index in [1.807, 2.05) is 6.07 Å². The van der Waals surface area contributed by atoms with E-state index in [1.54, 1.807) is 7.11 Å². The molecule has 0 amide bonds. The van der Waals surface area contributed by atoms with Gasteiger partial charge in [0, 0.05) is 38.7 Å². The Morgan fingerprint density at radius 3 is 2.48 bits per heavy atom. The first-order chi connectivity index (χ1) is 14.0. The van der Waals surface area contributed by atoms with Crippen LogP contribution in [0.2, 0.25) is 0 Å². The summed E-state index contributed by atoms with van der Waals surface area (Å²) >= 11 is 2.34. The minimum atomic E-state index is 0.858. The Labute approximate surface area is 183 Å². The fourth-order valence-corrected chi connectivity index (χ4v) is 4.58. The molecule has 0 atom stereocenters. The molecule has 0 spiro atoms. The number of ether oxygens (including phenoxy) is 1. The van der Waals surface area contributed by atoms with Crippen LogP contribution in [0.15, 0.2) is 60.9 Å². The molecule has 0 aliphatic rings. The highest BCUT2D eigenvalue weighted by molar-refractivity contribution is 14.1. The predicted molar refractivity (Wildman–Crippen MR) is 129 cm³/mol. The summed E-state index contributed by atoms with van der Waals surface area (Å²) in [5.74, 6) is 0.866. The lowest BCUT2D eigenvalue weighted by molar-refractivity contribution is 0.415. The number of hydrogen-bond acceptors (Lipinski definition) is 2. The van der Waals surface area contributed by atoms with E-state index >= 15 is 0 Å². The average Bonchev–Trinajstić information content (AvgIpc) is 3.12. The second-order valence-corrected chi connectivity index (χ2v) is 8.79. The van der Waals surface area contributed by atoms with Crippen LogP contribution in [0, 0.1) is 17.4 Å². The third-order valence-electron chi connectivity index (χ3n) is 5.78. The molecule has 5 aromatic rings. The van der Waals surface area contributed by atoms with Gasteiger partial charge in [0.15, 0.2) is 0 Å². The van der Waals surface area contributed by atoms with Gasteiger partial charge < -0.3 is 9.30 Å². The number of pyridine rings is 1. The zero-order valence-corrected chi connectivity index (χ0v) is 18.8. The SMILES string of the molecule is COc1ccc2nc3c(C)c4ccn(Cc5ccc(I)cc5)cc4c(C)c3c2c1. The van der Waals surface area contributed by atoms with Gasteiger partial charge in [0.25, 0.3) is 0 Å². The maximum atomic E-state index is 5.46. The number of benzene rings is 3. The summed E-state index contributed by atoms with van der Waals surface area (Å²) in [5, 5.41) is 4.94. The van der Waals surface area contributed by atoms with Gasteiger partial charge in [0.1, 0.15) is 5.75 Å². The van der Waals surface area contributed by atoms with Crippen LogP contribution in [-0.4, -0.2) is 16.7 Å². The molecule has 0 unspecified atom stereocenters. The normalized spacial score (nSPS) is 11.6. The Kier molecular flexibility index (Phi) is 4.46. The number of hydrogen-bond donors (Lipinski definition) is 0. The topological polar surface area (TPSA) is 27.1 Å². The molecule has 2 aromatic heterocycles. The van der Waals surface area contributed by atoms with Crippen molar-refractivity contribution in [3.8, 4) is 5.75 Å². The zero-order chi connectivity index (χ0) is 20.1. The Balaban J connectivity index is 1.73. The molecule has 4 heteroatoms. The summed E-state index contributed by atoms with van der Waals surface area (Å²) in [6.45, 7) is 5.24. The smallest absolute Gasteiger partial charge is 0.119 e. The van der Waals surface area contributed by atoms with E-state index in [0.29, 0.717) is 0 Å². The number of halogens is 1. The van der Waals surface area contributed by atoms with Gasteiger partial charge in [-0.25, -0.2) is 4.98 Å². The molecule has 0 bridgehead atoms. The maximum Gasteiger partial charge on any atom is 0.119 e. The molecular formula is C25H21IN2O. The van der Waals surface area contributed by atoms with Crippen molar-refractivity contribution in [2.24, 2.45) is 0 Å². The third-order valence-corrected chi connectivity index (χ3v) is 6.50. The molecule has 3 aromatic carbocycles. The first kappa shape index (κ1) is 18.4. The van der Waals surface area contributed by atoms with Crippen LogP contribution in [-0.2, 0) is 6.54 Å². The molecular weight excluding hydrogens is 471 g/mol. The van der Waals surface area contributed by atoms with Crippen molar-refractivity contribution >= 4 is 55.2 Å². The van der Waals surface area contributed by atoms with E-state index in [1.165, 1.54) is 36.4 Å². The Bertz CT molecular complexity index is 1380. The van der Waals surface area contributed by atoms with Crippen molar-refractivity contribution in [3.63, 3.8) is 0 Å². The standard InChI is InChI=1S/C25H21IN2O/c1-15-22-14-28(13-17-4-6-18(26)7-5-17)11-10-20(22)16(2)25-24(15)21-12-19(29-3)8-9-23(21)27-25/h4-12,14H,13H2,1-3H3. The van der Waals surface area contributed by atoms with E-state index in [0.717, 1.165) is 28.7 Å². The van der Waals surface area contributed by atoms with Crippen molar-refractivity contribution in [1.82, 2.24) is 9.55 Å². The largest absolute Gasteiger partial charge is 0.497 e. The lowest BCUT2D eigenvalue weighted by Gasteiger charge is -2.13. The molecule has 0 fully saturated rings. The van der Waals surface area contributed by atoms with E-state index in [9.17, 15) is 0 Å². The van der Waals surface area contributed by atoms with Crippen LogP contribution in [0.4, 0.5) is 0 Å². The number of methoxy groups -OCH3 is 1. The average molecular weight is 492 g/mol. The van der Waals surface area contributed by atoms with Crippen molar-refractivity contribution < 1.29 is 4.74 Å². The first-order valence-corrected chi connectivity index (χ1v) is 10.7. The summed E-state index contributed by atoms with van der Waals surface area (Å²) in [7, 11) is 1.71. The number of aryl methyl sites for hydroxylation is 2. The minimum absolute atomic E-state index is 0.858. The highest BCUT2D eigenvalue weighted by Gasteiger charge is 2.16. The predicted octanol–water partition coefficient (Wildman–Crippen LogP) is 6.62. The molecule has 0 radical (unpaired) electrons. The summed E-state index contributed by atoms with van der Waals surface area (Å²) in [5.41, 5.74) is 5.92. The van der Waals surface area contributed by atoms with Crippen LogP contribution < -0.4 is 4.74 Å². The molecule has 0 aliphatic carbocycles. The third kappa shape index (κ3) is 3.06. The van der Waals surface area contributed by atoms with Crippen LogP contribution >= 0.6 is 22.6 Å². The van der Waals surface area contributed by atoms with Crippen molar-refractivity contribution in [2.75, 3.05) is 7.11 Å². The molecule has 29 heavy (non-hydrogen) atoms. The summed E-state index contributed by atoms with van der Waals surface area (Å²) in [6.07, 6.45) is 4.44. The van der Waals surface area contributed by atoms with Crippen molar-refractivity contribution in [3.05, 3.63) is 81.2 Å². The molecule has 0 aliphatic heterocycles. The van der Waals surface area contributed by atoms with Crippen LogP contribution in [0.5, 0.6) is 5.75 Å². The van der Waals surface area contributed by atoms with Crippen LogP contribution in [0.25, 0.3) is 32.6 Å². The maximum absolute atomic E-state index is 5.46. The fourth-order valence-electron chi connectivity index (χ4n) is 4.22. The van der Waals surface area contributed by atoms with Gasteiger partial charge in [-0.05, 0) is 94.9 Å². The Morgan fingerprint density at radius 2 is 1.72 bits per heavy atom. The molecule has 0 saturated heterocycles.